The Morgan fingerprint density at radius 3 is 2.71 bits per heavy atom. The summed E-state index contributed by atoms with van der Waals surface area (Å²) in [4.78, 5) is 16.6. The Hall–Kier alpha value is -1.06. The van der Waals surface area contributed by atoms with Crippen molar-refractivity contribution in [2.45, 2.75) is 17.7 Å². The average Bonchev–Trinajstić information content (AvgIpc) is 2.67. The monoisotopic (exact) mass is 268 g/mol. The zero-order chi connectivity index (χ0) is 12.3. The van der Waals surface area contributed by atoms with Gasteiger partial charge in [-0.05, 0) is 25.5 Å². The van der Waals surface area contributed by atoms with Crippen LogP contribution >= 0.6 is 23.2 Å². The molecule has 0 amide bonds. The Bertz CT molecular complexity index is 620. The van der Waals surface area contributed by atoms with Crippen LogP contribution in [0.25, 0.3) is 11.0 Å². The summed E-state index contributed by atoms with van der Waals surface area (Å²) in [6, 6.07) is 7.48. The number of benzene rings is 1. The number of alkyl halides is 2. The largest absolute Gasteiger partial charge is 0.273 e. The Kier molecular flexibility index (Phi) is 2.11. The number of carbonyl (C=O) groups is 1. The molecule has 1 fully saturated rings. The predicted molar refractivity (Wildman–Crippen MR) is 67.5 cm³/mol. The molecule has 1 saturated carbocycles. The number of fused-ring (bicyclic) bond motifs is 1. The Morgan fingerprint density at radius 2 is 2.06 bits per heavy atom. The topological polar surface area (TPSA) is 34.9 Å². The highest BCUT2D eigenvalue weighted by Crippen LogP contribution is 2.64. The van der Waals surface area contributed by atoms with Crippen LogP contribution < -0.4 is 0 Å². The first-order valence-electron chi connectivity index (χ1n) is 5.30. The maximum Gasteiger partial charge on any atom is 0.241 e. The van der Waals surface area contributed by atoms with Crippen molar-refractivity contribution in [3.05, 3.63) is 30.6 Å². The van der Waals surface area contributed by atoms with Gasteiger partial charge in [0, 0.05) is 0 Å². The van der Waals surface area contributed by atoms with Crippen LogP contribution in [-0.4, -0.2) is 19.8 Å². The zero-order valence-electron chi connectivity index (χ0n) is 9.15. The molecule has 1 atom stereocenters. The van der Waals surface area contributed by atoms with E-state index in [0.717, 1.165) is 11.0 Å². The van der Waals surface area contributed by atoms with E-state index in [1.165, 1.54) is 10.9 Å². The third-order valence-electron chi connectivity index (χ3n) is 3.40. The van der Waals surface area contributed by atoms with Crippen LogP contribution in [0.1, 0.15) is 18.1 Å². The summed E-state index contributed by atoms with van der Waals surface area (Å²) in [6.07, 6.45) is 2.01. The molecular formula is C12H10Cl2N2O. The number of para-hydroxylation sites is 2. The molecule has 0 saturated heterocycles. The van der Waals surface area contributed by atoms with Gasteiger partial charge in [-0.25, -0.2) is 4.98 Å². The lowest BCUT2D eigenvalue weighted by Gasteiger charge is -2.11. The number of nitrogens with zero attached hydrogens (tertiary/aromatic N) is 2. The quantitative estimate of drug-likeness (QED) is 0.745. The van der Waals surface area contributed by atoms with Gasteiger partial charge in [0.25, 0.3) is 0 Å². The van der Waals surface area contributed by atoms with Gasteiger partial charge in [-0.3, -0.25) is 9.36 Å². The standard InChI is InChI=1S/C12H10Cl2N2O/c1-11(6-12(11,13)14)10(17)16-7-15-8-4-2-3-5-9(8)16/h2-5,7H,6H2,1H3/t11-/m1/s1. The van der Waals surface area contributed by atoms with Gasteiger partial charge in [0.05, 0.1) is 16.4 Å². The van der Waals surface area contributed by atoms with Crippen LogP contribution in [0, 0.1) is 5.41 Å². The van der Waals surface area contributed by atoms with E-state index in [4.69, 9.17) is 23.2 Å². The molecule has 88 valence electrons. The van der Waals surface area contributed by atoms with E-state index < -0.39 is 9.75 Å². The number of aromatic nitrogens is 2. The molecule has 1 heterocycles. The van der Waals surface area contributed by atoms with Gasteiger partial charge in [0.15, 0.2) is 0 Å². The highest BCUT2D eigenvalue weighted by molar-refractivity contribution is 6.53. The van der Waals surface area contributed by atoms with Crippen LogP contribution in [0.15, 0.2) is 30.6 Å². The van der Waals surface area contributed by atoms with E-state index in [9.17, 15) is 4.79 Å². The third kappa shape index (κ3) is 1.42. The number of hydrogen-bond acceptors (Lipinski definition) is 2. The molecule has 0 aliphatic heterocycles. The van der Waals surface area contributed by atoms with Gasteiger partial charge in [-0.2, -0.15) is 0 Å². The predicted octanol–water partition coefficient (Wildman–Crippen LogP) is 3.26. The van der Waals surface area contributed by atoms with Crippen molar-refractivity contribution < 1.29 is 4.79 Å². The third-order valence-corrected chi connectivity index (χ3v) is 4.50. The Labute approximate surface area is 108 Å². The number of hydrogen-bond donors (Lipinski definition) is 0. The minimum absolute atomic E-state index is 0.101. The number of halogens is 2. The molecule has 1 aromatic carbocycles. The molecule has 3 rings (SSSR count). The maximum absolute atomic E-state index is 12.4. The smallest absolute Gasteiger partial charge is 0.241 e. The molecule has 0 bridgehead atoms. The second-order valence-corrected chi connectivity index (χ2v) is 6.11. The number of carbonyl (C=O) groups excluding carboxylic acids is 1. The van der Waals surface area contributed by atoms with Crippen LogP contribution in [0.4, 0.5) is 0 Å². The minimum atomic E-state index is -0.949. The summed E-state index contributed by atoms with van der Waals surface area (Å²) in [7, 11) is 0. The van der Waals surface area contributed by atoms with Crippen LogP contribution in [0.3, 0.4) is 0 Å². The molecule has 0 N–H and O–H groups in total. The summed E-state index contributed by atoms with van der Waals surface area (Å²) >= 11 is 12.0. The number of imidazole rings is 1. The first-order chi connectivity index (χ1) is 7.96. The molecule has 0 radical (unpaired) electrons. The molecule has 5 heteroatoms. The fraction of sp³-hybridized carbons (Fsp3) is 0.333. The van der Waals surface area contributed by atoms with Gasteiger partial charge in [-0.15, -0.1) is 23.2 Å². The average molecular weight is 269 g/mol. The van der Waals surface area contributed by atoms with Gasteiger partial charge >= 0.3 is 0 Å². The van der Waals surface area contributed by atoms with E-state index in [1.54, 1.807) is 6.92 Å². The molecule has 0 spiro atoms. The van der Waals surface area contributed by atoms with Crippen molar-refractivity contribution in [3.63, 3.8) is 0 Å². The summed E-state index contributed by atoms with van der Waals surface area (Å²) in [6.45, 7) is 1.78. The normalized spacial score (nSPS) is 26.1. The highest BCUT2D eigenvalue weighted by Gasteiger charge is 2.68. The Morgan fingerprint density at radius 1 is 1.41 bits per heavy atom. The van der Waals surface area contributed by atoms with Crippen molar-refractivity contribution in [1.82, 2.24) is 9.55 Å². The van der Waals surface area contributed by atoms with Crippen molar-refractivity contribution in [1.29, 1.82) is 0 Å². The van der Waals surface area contributed by atoms with Gasteiger partial charge < -0.3 is 0 Å². The fourth-order valence-corrected chi connectivity index (χ4v) is 2.71. The second kappa shape index (κ2) is 3.24. The minimum Gasteiger partial charge on any atom is -0.273 e. The lowest BCUT2D eigenvalue weighted by atomic mass is 10.1. The zero-order valence-corrected chi connectivity index (χ0v) is 10.7. The van der Waals surface area contributed by atoms with Gasteiger partial charge in [0.2, 0.25) is 5.91 Å². The summed E-state index contributed by atoms with van der Waals surface area (Å²) in [5, 5.41) is 0. The van der Waals surface area contributed by atoms with Gasteiger partial charge in [-0.1, -0.05) is 12.1 Å². The van der Waals surface area contributed by atoms with Gasteiger partial charge in [0.1, 0.15) is 10.7 Å². The summed E-state index contributed by atoms with van der Waals surface area (Å²) < 4.78 is 0.581. The SMILES string of the molecule is C[C@]1(C(=O)n2cnc3ccccc32)CC1(Cl)Cl. The van der Waals surface area contributed by atoms with Crippen molar-refractivity contribution in [2.75, 3.05) is 0 Å². The van der Waals surface area contributed by atoms with E-state index in [0.29, 0.717) is 6.42 Å². The van der Waals surface area contributed by atoms with Crippen LogP contribution in [-0.2, 0) is 0 Å². The first-order valence-corrected chi connectivity index (χ1v) is 6.06. The molecule has 1 aliphatic carbocycles. The first kappa shape index (κ1) is 11.1. The Balaban J connectivity index is 2.09. The van der Waals surface area contributed by atoms with E-state index in [2.05, 4.69) is 4.98 Å². The lowest BCUT2D eigenvalue weighted by molar-refractivity contribution is 0.0829. The maximum atomic E-state index is 12.4. The molecule has 17 heavy (non-hydrogen) atoms. The second-order valence-electron chi connectivity index (χ2n) is 4.62. The fourth-order valence-electron chi connectivity index (χ4n) is 2.02. The van der Waals surface area contributed by atoms with E-state index in [-0.39, 0.29) is 5.91 Å². The molecule has 1 aromatic heterocycles. The molecular weight excluding hydrogens is 259 g/mol. The molecule has 3 nitrogen and oxygen atoms in total. The molecule has 2 aromatic rings. The van der Waals surface area contributed by atoms with E-state index in [1.807, 2.05) is 24.3 Å². The lowest BCUT2D eigenvalue weighted by Crippen LogP contribution is -2.24. The van der Waals surface area contributed by atoms with Crippen molar-refractivity contribution in [3.8, 4) is 0 Å². The van der Waals surface area contributed by atoms with Crippen LogP contribution in [0.5, 0.6) is 0 Å². The molecule has 1 aliphatic rings. The van der Waals surface area contributed by atoms with Crippen LogP contribution in [0.2, 0.25) is 0 Å². The van der Waals surface area contributed by atoms with Crippen molar-refractivity contribution in [2.24, 2.45) is 5.41 Å². The summed E-state index contributed by atoms with van der Waals surface area (Å²) in [5.41, 5.74) is 0.870. The van der Waals surface area contributed by atoms with E-state index >= 15 is 0 Å². The summed E-state index contributed by atoms with van der Waals surface area (Å²) in [5.74, 6) is -0.101. The highest BCUT2D eigenvalue weighted by atomic mass is 35.5. The van der Waals surface area contributed by atoms with Crippen molar-refractivity contribution >= 4 is 40.1 Å². The molecule has 0 unspecified atom stereocenters. The number of rotatable bonds is 1.